The first kappa shape index (κ1) is 14.9. The summed E-state index contributed by atoms with van der Waals surface area (Å²) in [5.41, 5.74) is 0. The Hall–Kier alpha value is -0.130. The third-order valence-corrected chi connectivity index (χ3v) is 4.32. The number of aliphatic hydroxyl groups is 1. The molecule has 0 aliphatic heterocycles. The van der Waals surface area contributed by atoms with Crippen molar-refractivity contribution >= 4 is 9.84 Å². The summed E-state index contributed by atoms with van der Waals surface area (Å²) in [5, 5.41) is 12.0. The van der Waals surface area contributed by atoms with Crippen LogP contribution >= 0.6 is 0 Å². The van der Waals surface area contributed by atoms with Crippen LogP contribution in [0.25, 0.3) is 0 Å². The van der Waals surface area contributed by atoms with Crippen molar-refractivity contribution in [1.29, 1.82) is 0 Å². The highest BCUT2D eigenvalue weighted by Crippen LogP contribution is 2.01. The number of sulfone groups is 1. The van der Waals surface area contributed by atoms with Gasteiger partial charge in [-0.15, -0.1) is 0 Å². The summed E-state index contributed by atoms with van der Waals surface area (Å²) in [6, 6.07) is 0.156. The van der Waals surface area contributed by atoms with Crippen molar-refractivity contribution in [3.8, 4) is 0 Å². The van der Waals surface area contributed by atoms with Gasteiger partial charge in [0.2, 0.25) is 0 Å². The Bertz CT molecular complexity index is 251. The molecule has 0 aliphatic carbocycles. The van der Waals surface area contributed by atoms with Crippen LogP contribution in [-0.2, 0) is 9.84 Å². The highest BCUT2D eigenvalue weighted by Gasteiger charge is 2.16. The van der Waals surface area contributed by atoms with Crippen molar-refractivity contribution < 1.29 is 13.5 Å². The van der Waals surface area contributed by atoms with Crippen LogP contribution in [-0.4, -0.2) is 43.7 Å². The molecule has 0 radical (unpaired) electrons. The molecule has 0 saturated heterocycles. The van der Waals surface area contributed by atoms with Gasteiger partial charge in [-0.05, 0) is 19.8 Å². The molecule has 4 nitrogen and oxygen atoms in total. The lowest BCUT2D eigenvalue weighted by molar-refractivity contribution is 0.258. The van der Waals surface area contributed by atoms with E-state index in [0.29, 0.717) is 6.42 Å². The normalized spacial score (nSPS) is 16.3. The van der Waals surface area contributed by atoms with Crippen LogP contribution < -0.4 is 5.32 Å². The largest absolute Gasteiger partial charge is 0.396 e. The average Bonchev–Trinajstić information content (AvgIpc) is 2.16. The van der Waals surface area contributed by atoms with Gasteiger partial charge in [0.1, 0.15) is 0 Å². The minimum Gasteiger partial charge on any atom is -0.396 e. The molecule has 0 aliphatic rings. The van der Waals surface area contributed by atoms with E-state index in [-0.39, 0.29) is 30.2 Å². The molecule has 92 valence electrons. The van der Waals surface area contributed by atoms with Crippen LogP contribution in [0.2, 0.25) is 0 Å². The molecule has 15 heavy (non-hydrogen) atoms. The van der Waals surface area contributed by atoms with Crippen LogP contribution in [0.4, 0.5) is 0 Å². The minimum absolute atomic E-state index is 0.0496. The van der Waals surface area contributed by atoms with Gasteiger partial charge in [-0.2, -0.15) is 0 Å². The second-order valence-electron chi connectivity index (χ2n) is 3.88. The molecule has 0 saturated carbocycles. The number of hydrogen-bond acceptors (Lipinski definition) is 4. The summed E-state index contributed by atoms with van der Waals surface area (Å²) in [6.45, 7) is 5.69. The van der Waals surface area contributed by atoms with E-state index in [2.05, 4.69) is 5.32 Å². The van der Waals surface area contributed by atoms with Crippen LogP contribution in [0.3, 0.4) is 0 Å². The smallest absolute Gasteiger partial charge is 0.151 e. The fraction of sp³-hybridized carbons (Fsp3) is 1.00. The van der Waals surface area contributed by atoms with Crippen LogP contribution in [0.15, 0.2) is 0 Å². The van der Waals surface area contributed by atoms with Gasteiger partial charge < -0.3 is 10.4 Å². The van der Waals surface area contributed by atoms with Gasteiger partial charge in [-0.3, -0.25) is 0 Å². The molecule has 0 aromatic rings. The summed E-state index contributed by atoms with van der Waals surface area (Å²) in [5.74, 6) is 0.362. The van der Waals surface area contributed by atoms with Crippen molar-refractivity contribution in [1.82, 2.24) is 5.32 Å². The Morgan fingerprint density at radius 1 is 1.33 bits per heavy atom. The molecule has 2 atom stereocenters. The topological polar surface area (TPSA) is 66.4 Å². The molecule has 0 amide bonds. The Balaban J connectivity index is 4.06. The first-order chi connectivity index (χ1) is 6.95. The van der Waals surface area contributed by atoms with Crippen LogP contribution in [0.5, 0.6) is 0 Å². The zero-order valence-electron chi connectivity index (χ0n) is 9.86. The Labute approximate surface area is 93.0 Å². The predicted molar refractivity (Wildman–Crippen MR) is 62.7 cm³/mol. The monoisotopic (exact) mass is 237 g/mol. The van der Waals surface area contributed by atoms with Crippen molar-refractivity contribution in [3.63, 3.8) is 0 Å². The van der Waals surface area contributed by atoms with Crippen LogP contribution in [0, 0.1) is 0 Å². The number of nitrogens with one attached hydrogen (secondary N) is 1. The first-order valence-electron chi connectivity index (χ1n) is 5.52. The number of hydrogen-bond donors (Lipinski definition) is 2. The quantitative estimate of drug-likeness (QED) is 0.647. The molecule has 2 N–H and O–H groups in total. The predicted octanol–water partition coefficient (Wildman–Crippen LogP) is 0.560. The van der Waals surface area contributed by atoms with Crippen molar-refractivity contribution in [2.24, 2.45) is 0 Å². The molecule has 0 heterocycles. The molecule has 2 unspecified atom stereocenters. The van der Waals surface area contributed by atoms with E-state index in [9.17, 15) is 8.42 Å². The molecule has 0 bridgehead atoms. The van der Waals surface area contributed by atoms with Gasteiger partial charge in [-0.1, -0.05) is 13.8 Å². The van der Waals surface area contributed by atoms with Crippen molar-refractivity contribution in [2.75, 3.05) is 18.1 Å². The molecule has 0 fully saturated rings. The van der Waals surface area contributed by atoms with Gasteiger partial charge in [0.25, 0.3) is 0 Å². The summed E-state index contributed by atoms with van der Waals surface area (Å²) < 4.78 is 22.7. The van der Waals surface area contributed by atoms with Crippen LogP contribution in [0.1, 0.15) is 33.6 Å². The number of aliphatic hydroxyl groups excluding tert-OH is 1. The maximum atomic E-state index is 11.3. The van der Waals surface area contributed by atoms with Gasteiger partial charge in [0, 0.05) is 24.4 Å². The lowest BCUT2D eigenvalue weighted by Crippen LogP contribution is -2.41. The lowest BCUT2D eigenvalue weighted by Gasteiger charge is -2.21. The van der Waals surface area contributed by atoms with E-state index >= 15 is 0 Å². The van der Waals surface area contributed by atoms with Gasteiger partial charge in [0.05, 0.1) is 5.75 Å². The fourth-order valence-corrected chi connectivity index (χ4v) is 2.60. The van der Waals surface area contributed by atoms with E-state index < -0.39 is 9.84 Å². The number of rotatable bonds is 8. The van der Waals surface area contributed by atoms with Gasteiger partial charge in [0.15, 0.2) is 9.84 Å². The Morgan fingerprint density at radius 3 is 2.33 bits per heavy atom. The van der Waals surface area contributed by atoms with Gasteiger partial charge in [-0.25, -0.2) is 8.42 Å². The Kier molecular flexibility index (Phi) is 7.13. The molecule has 0 rings (SSSR count). The van der Waals surface area contributed by atoms with E-state index in [4.69, 9.17) is 5.11 Å². The van der Waals surface area contributed by atoms with Crippen molar-refractivity contribution in [2.45, 2.75) is 45.7 Å². The SMILES string of the molecule is CCC(CCO)NC(C)CS(=O)(=O)CC. The Morgan fingerprint density at radius 2 is 1.93 bits per heavy atom. The lowest BCUT2D eigenvalue weighted by atomic mass is 10.1. The highest BCUT2D eigenvalue weighted by molar-refractivity contribution is 7.91. The van der Waals surface area contributed by atoms with E-state index in [1.807, 2.05) is 13.8 Å². The second-order valence-corrected chi connectivity index (χ2v) is 6.28. The molecule has 0 spiro atoms. The third kappa shape index (κ3) is 6.87. The maximum absolute atomic E-state index is 11.3. The van der Waals surface area contributed by atoms with E-state index in [1.165, 1.54) is 0 Å². The van der Waals surface area contributed by atoms with Gasteiger partial charge >= 0.3 is 0 Å². The zero-order valence-corrected chi connectivity index (χ0v) is 10.7. The molecule has 0 aromatic heterocycles. The molecule has 5 heteroatoms. The summed E-state index contributed by atoms with van der Waals surface area (Å²) in [6.07, 6.45) is 1.57. The fourth-order valence-electron chi connectivity index (χ4n) is 1.51. The third-order valence-electron chi connectivity index (χ3n) is 2.43. The average molecular weight is 237 g/mol. The first-order valence-corrected chi connectivity index (χ1v) is 7.34. The zero-order chi connectivity index (χ0) is 11.9. The summed E-state index contributed by atoms with van der Waals surface area (Å²) >= 11 is 0. The second kappa shape index (κ2) is 7.19. The minimum atomic E-state index is -2.91. The molecule has 0 aromatic carbocycles. The molecular weight excluding hydrogens is 214 g/mol. The van der Waals surface area contributed by atoms with E-state index in [1.54, 1.807) is 6.92 Å². The van der Waals surface area contributed by atoms with Crippen molar-refractivity contribution in [3.05, 3.63) is 0 Å². The maximum Gasteiger partial charge on any atom is 0.151 e. The summed E-state index contributed by atoms with van der Waals surface area (Å²) in [4.78, 5) is 0. The van der Waals surface area contributed by atoms with E-state index in [0.717, 1.165) is 6.42 Å². The standard InChI is InChI=1S/C10H23NO3S/c1-4-10(6-7-12)11-9(3)8-15(13,14)5-2/h9-12H,4-8H2,1-3H3. The highest BCUT2D eigenvalue weighted by atomic mass is 32.2. The summed E-state index contributed by atoms with van der Waals surface area (Å²) in [7, 11) is -2.91. The molecular formula is C10H23NO3S.